The lowest BCUT2D eigenvalue weighted by atomic mass is 10.0. The number of likely N-dealkylation sites (N-methyl/N-ethyl adjacent to an activating group) is 1. The number of hydrogen-bond acceptors (Lipinski definition) is 4. The van der Waals surface area contributed by atoms with Gasteiger partial charge in [0.25, 0.3) is 5.91 Å². The zero-order valence-corrected chi connectivity index (χ0v) is 12.8. The van der Waals surface area contributed by atoms with Gasteiger partial charge in [0.15, 0.2) is 6.61 Å². The van der Waals surface area contributed by atoms with Gasteiger partial charge in [-0.25, -0.2) is 4.79 Å². The fraction of sp³-hybridized carbons (Fsp3) is 0.438. The molecule has 2 rings (SSSR count). The van der Waals surface area contributed by atoms with Gasteiger partial charge in [0.1, 0.15) is 0 Å². The minimum Gasteiger partial charge on any atom is -0.452 e. The molecule has 0 bridgehead atoms. The Hall–Kier alpha value is -2.37. The van der Waals surface area contributed by atoms with Crippen LogP contribution in [0.1, 0.15) is 36.2 Å². The van der Waals surface area contributed by atoms with Crippen molar-refractivity contribution in [3.63, 3.8) is 0 Å². The first-order valence-corrected chi connectivity index (χ1v) is 7.42. The summed E-state index contributed by atoms with van der Waals surface area (Å²) in [6, 6.07) is 4.99. The lowest BCUT2D eigenvalue weighted by Gasteiger charge is -2.19. The predicted octanol–water partition coefficient (Wildman–Crippen LogP) is 1.60. The number of ether oxygens (including phenoxy) is 1. The van der Waals surface area contributed by atoms with Crippen LogP contribution in [0.4, 0.5) is 5.69 Å². The summed E-state index contributed by atoms with van der Waals surface area (Å²) in [5.41, 5.74) is 2.03. The Bertz CT molecular complexity index is 594. The number of nitrogens with one attached hydrogen (secondary N) is 1. The summed E-state index contributed by atoms with van der Waals surface area (Å²) in [4.78, 5) is 36.7. The van der Waals surface area contributed by atoms with Gasteiger partial charge in [-0.1, -0.05) is 0 Å². The van der Waals surface area contributed by atoms with E-state index in [2.05, 4.69) is 5.32 Å². The highest BCUT2D eigenvalue weighted by molar-refractivity contribution is 5.96. The van der Waals surface area contributed by atoms with Crippen molar-refractivity contribution in [2.75, 3.05) is 25.0 Å². The molecule has 0 aromatic heterocycles. The number of carbonyl (C=O) groups excluding carboxylic acids is 3. The summed E-state index contributed by atoms with van der Waals surface area (Å²) in [7, 11) is 0. The van der Waals surface area contributed by atoms with E-state index in [0.717, 1.165) is 11.3 Å². The van der Waals surface area contributed by atoms with Gasteiger partial charge >= 0.3 is 5.97 Å². The SMILES string of the molecule is CCN(CC)C(=O)COC(=O)c1ccc2c(c1)CCC(=O)N2. The van der Waals surface area contributed by atoms with Gasteiger partial charge < -0.3 is 15.0 Å². The Kier molecular flexibility index (Phi) is 5.14. The van der Waals surface area contributed by atoms with Gasteiger partial charge in [-0.15, -0.1) is 0 Å². The van der Waals surface area contributed by atoms with Crippen molar-refractivity contribution >= 4 is 23.5 Å². The maximum Gasteiger partial charge on any atom is 0.338 e. The fourth-order valence-electron chi connectivity index (χ4n) is 2.39. The Morgan fingerprint density at radius 1 is 1.23 bits per heavy atom. The normalized spacial score (nSPS) is 13.1. The number of fused-ring (bicyclic) bond motifs is 1. The van der Waals surface area contributed by atoms with Crippen molar-refractivity contribution in [2.24, 2.45) is 0 Å². The molecule has 0 saturated carbocycles. The van der Waals surface area contributed by atoms with E-state index >= 15 is 0 Å². The number of anilines is 1. The van der Waals surface area contributed by atoms with E-state index in [0.29, 0.717) is 31.5 Å². The van der Waals surface area contributed by atoms with Gasteiger partial charge in [0.2, 0.25) is 5.91 Å². The van der Waals surface area contributed by atoms with Crippen LogP contribution in [0, 0.1) is 0 Å². The van der Waals surface area contributed by atoms with Gasteiger partial charge in [0, 0.05) is 25.2 Å². The number of esters is 1. The van der Waals surface area contributed by atoms with Crippen LogP contribution in [0.5, 0.6) is 0 Å². The third-order valence-electron chi connectivity index (χ3n) is 3.68. The maximum atomic E-state index is 12.0. The van der Waals surface area contributed by atoms with Crippen molar-refractivity contribution < 1.29 is 19.1 Å². The molecule has 0 radical (unpaired) electrons. The molecule has 0 spiro atoms. The molecule has 22 heavy (non-hydrogen) atoms. The average Bonchev–Trinajstić information content (AvgIpc) is 2.53. The molecule has 0 fully saturated rings. The standard InChI is InChI=1S/C16H20N2O4/c1-3-18(4-2)15(20)10-22-16(21)12-5-7-13-11(9-12)6-8-14(19)17-13/h5,7,9H,3-4,6,8,10H2,1-2H3,(H,17,19). The highest BCUT2D eigenvalue weighted by atomic mass is 16.5. The number of amides is 2. The first kappa shape index (κ1) is 16.0. The second kappa shape index (κ2) is 7.06. The minimum atomic E-state index is -0.528. The van der Waals surface area contributed by atoms with Crippen LogP contribution in [0.15, 0.2) is 18.2 Å². The van der Waals surface area contributed by atoms with E-state index in [4.69, 9.17) is 4.74 Å². The summed E-state index contributed by atoms with van der Waals surface area (Å²) in [5.74, 6) is -0.753. The summed E-state index contributed by atoms with van der Waals surface area (Å²) in [6.07, 6.45) is 1.01. The zero-order chi connectivity index (χ0) is 16.1. The topological polar surface area (TPSA) is 75.7 Å². The molecular weight excluding hydrogens is 284 g/mol. The molecule has 1 N–H and O–H groups in total. The van der Waals surface area contributed by atoms with Crippen molar-refractivity contribution in [1.29, 1.82) is 0 Å². The number of hydrogen-bond donors (Lipinski definition) is 1. The summed E-state index contributed by atoms with van der Waals surface area (Å²) >= 11 is 0. The molecule has 6 nitrogen and oxygen atoms in total. The van der Waals surface area contributed by atoms with E-state index in [1.54, 1.807) is 23.1 Å². The molecule has 1 aliphatic rings. The van der Waals surface area contributed by atoms with E-state index in [1.807, 2.05) is 13.8 Å². The summed E-state index contributed by atoms with van der Waals surface area (Å²) in [5, 5.41) is 2.75. The Balaban J connectivity index is 1.99. The van der Waals surface area contributed by atoms with Crippen LogP contribution in [0.3, 0.4) is 0 Å². The molecule has 0 aliphatic carbocycles. The van der Waals surface area contributed by atoms with Crippen LogP contribution >= 0.6 is 0 Å². The smallest absolute Gasteiger partial charge is 0.338 e. The molecular formula is C16H20N2O4. The van der Waals surface area contributed by atoms with Crippen LogP contribution < -0.4 is 5.32 Å². The second-order valence-electron chi connectivity index (χ2n) is 5.06. The molecule has 2 amide bonds. The number of aryl methyl sites for hydroxylation is 1. The fourth-order valence-corrected chi connectivity index (χ4v) is 2.39. The molecule has 1 heterocycles. The van der Waals surface area contributed by atoms with Crippen LogP contribution in [0.2, 0.25) is 0 Å². The lowest BCUT2D eigenvalue weighted by molar-refractivity contribution is -0.134. The van der Waals surface area contributed by atoms with Gasteiger partial charge in [-0.3, -0.25) is 9.59 Å². The Morgan fingerprint density at radius 3 is 2.64 bits per heavy atom. The zero-order valence-electron chi connectivity index (χ0n) is 12.8. The maximum absolute atomic E-state index is 12.0. The van der Waals surface area contributed by atoms with Crippen LogP contribution in [-0.2, 0) is 20.7 Å². The van der Waals surface area contributed by atoms with Crippen molar-refractivity contribution in [3.05, 3.63) is 29.3 Å². The number of carbonyl (C=O) groups is 3. The van der Waals surface area contributed by atoms with E-state index in [1.165, 1.54) is 0 Å². The number of benzene rings is 1. The van der Waals surface area contributed by atoms with Crippen LogP contribution in [-0.4, -0.2) is 42.4 Å². The Labute approximate surface area is 129 Å². The molecule has 6 heteroatoms. The van der Waals surface area contributed by atoms with E-state index in [9.17, 15) is 14.4 Å². The quantitative estimate of drug-likeness (QED) is 0.838. The molecule has 1 aromatic carbocycles. The second-order valence-corrected chi connectivity index (χ2v) is 5.06. The van der Waals surface area contributed by atoms with Gasteiger partial charge in [-0.05, 0) is 44.0 Å². The van der Waals surface area contributed by atoms with Crippen molar-refractivity contribution in [3.8, 4) is 0 Å². The predicted molar refractivity (Wildman–Crippen MR) is 81.6 cm³/mol. The van der Waals surface area contributed by atoms with Gasteiger partial charge in [-0.2, -0.15) is 0 Å². The van der Waals surface area contributed by atoms with E-state index < -0.39 is 5.97 Å². The van der Waals surface area contributed by atoms with Crippen molar-refractivity contribution in [1.82, 2.24) is 4.90 Å². The van der Waals surface area contributed by atoms with Crippen LogP contribution in [0.25, 0.3) is 0 Å². The monoisotopic (exact) mass is 304 g/mol. The summed E-state index contributed by atoms with van der Waals surface area (Å²) < 4.78 is 5.07. The van der Waals surface area contributed by atoms with Crippen molar-refractivity contribution in [2.45, 2.75) is 26.7 Å². The largest absolute Gasteiger partial charge is 0.452 e. The molecule has 118 valence electrons. The third-order valence-corrected chi connectivity index (χ3v) is 3.68. The minimum absolute atomic E-state index is 0.0207. The molecule has 1 aliphatic heterocycles. The molecule has 1 aromatic rings. The number of rotatable bonds is 5. The summed E-state index contributed by atoms with van der Waals surface area (Å²) in [6.45, 7) is 4.67. The molecule has 0 unspecified atom stereocenters. The highest BCUT2D eigenvalue weighted by Gasteiger charge is 2.18. The van der Waals surface area contributed by atoms with Gasteiger partial charge in [0.05, 0.1) is 5.56 Å². The lowest BCUT2D eigenvalue weighted by Crippen LogP contribution is -2.34. The van der Waals surface area contributed by atoms with E-state index in [-0.39, 0.29) is 18.4 Å². The first-order chi connectivity index (χ1) is 10.5. The highest BCUT2D eigenvalue weighted by Crippen LogP contribution is 2.23. The third kappa shape index (κ3) is 3.63. The molecule has 0 saturated heterocycles. The number of nitrogens with zero attached hydrogens (tertiary/aromatic N) is 1. The molecule has 0 atom stereocenters. The Morgan fingerprint density at radius 2 is 1.95 bits per heavy atom. The average molecular weight is 304 g/mol. The first-order valence-electron chi connectivity index (χ1n) is 7.42.